The first-order valence-electron chi connectivity index (χ1n) is 6.81. The molecule has 1 rings (SSSR count). The Kier molecular flexibility index (Phi) is 5.76. The van der Waals surface area contributed by atoms with Gasteiger partial charge in [-0.15, -0.1) is 0 Å². The number of carboxylic acids is 1. The lowest BCUT2D eigenvalue weighted by molar-refractivity contribution is -0.142. The molecule has 0 spiro atoms. The normalized spacial score (nSPS) is 24.9. The van der Waals surface area contributed by atoms with E-state index in [-0.39, 0.29) is 18.5 Å². The molecule has 1 saturated heterocycles. The summed E-state index contributed by atoms with van der Waals surface area (Å²) in [5.41, 5.74) is 0. The fourth-order valence-electron chi connectivity index (χ4n) is 2.21. The fourth-order valence-corrected chi connectivity index (χ4v) is 3.95. The number of rotatable bonds is 6. The first-order chi connectivity index (χ1) is 8.79. The van der Waals surface area contributed by atoms with Crippen molar-refractivity contribution in [3.63, 3.8) is 0 Å². The molecule has 19 heavy (non-hydrogen) atoms. The van der Waals surface area contributed by atoms with Crippen LogP contribution in [-0.4, -0.2) is 42.4 Å². The van der Waals surface area contributed by atoms with Gasteiger partial charge >= 0.3 is 5.97 Å². The number of nitrogens with one attached hydrogen (secondary N) is 1. The van der Waals surface area contributed by atoms with E-state index < -0.39 is 22.2 Å². The summed E-state index contributed by atoms with van der Waals surface area (Å²) >= 11 is 0. The first kappa shape index (κ1) is 16.4. The molecule has 0 aromatic carbocycles. The van der Waals surface area contributed by atoms with Crippen molar-refractivity contribution >= 4 is 16.2 Å². The summed E-state index contributed by atoms with van der Waals surface area (Å²) in [5.74, 6) is -0.857. The first-order valence-corrected chi connectivity index (χ1v) is 8.25. The summed E-state index contributed by atoms with van der Waals surface area (Å²) in [5, 5.41) is 9.13. The molecule has 7 heteroatoms. The van der Waals surface area contributed by atoms with Crippen molar-refractivity contribution in [2.45, 2.75) is 58.5 Å². The van der Waals surface area contributed by atoms with Crippen LogP contribution in [0.1, 0.15) is 46.5 Å². The molecule has 112 valence electrons. The molecule has 0 radical (unpaired) electrons. The van der Waals surface area contributed by atoms with Gasteiger partial charge in [0.2, 0.25) is 0 Å². The van der Waals surface area contributed by atoms with Gasteiger partial charge in [-0.1, -0.05) is 20.3 Å². The second kappa shape index (κ2) is 6.67. The van der Waals surface area contributed by atoms with Crippen molar-refractivity contribution in [3.8, 4) is 0 Å². The maximum absolute atomic E-state index is 12.3. The van der Waals surface area contributed by atoms with Crippen molar-refractivity contribution in [1.82, 2.24) is 9.03 Å². The lowest BCUT2D eigenvalue weighted by atomic mass is 10.0. The van der Waals surface area contributed by atoms with Crippen molar-refractivity contribution < 1.29 is 18.3 Å². The minimum Gasteiger partial charge on any atom is -0.480 e. The van der Waals surface area contributed by atoms with Crippen molar-refractivity contribution in [2.24, 2.45) is 5.92 Å². The average Bonchev–Trinajstić information content (AvgIpc) is 2.37. The van der Waals surface area contributed by atoms with E-state index in [4.69, 9.17) is 5.11 Å². The smallest absolute Gasteiger partial charge is 0.322 e. The zero-order valence-corrected chi connectivity index (χ0v) is 12.6. The lowest BCUT2D eigenvalue weighted by Gasteiger charge is -2.33. The second-order valence-corrected chi connectivity index (χ2v) is 6.91. The predicted octanol–water partition coefficient (Wildman–Crippen LogP) is 1.19. The molecule has 0 amide bonds. The molecule has 0 aromatic rings. The third-order valence-electron chi connectivity index (χ3n) is 3.88. The number of nitrogens with zero attached hydrogens (tertiary/aromatic N) is 1. The molecule has 6 nitrogen and oxygen atoms in total. The molecule has 0 aromatic heterocycles. The van der Waals surface area contributed by atoms with E-state index in [1.165, 1.54) is 0 Å². The summed E-state index contributed by atoms with van der Waals surface area (Å²) < 4.78 is 28.3. The zero-order chi connectivity index (χ0) is 14.6. The highest BCUT2D eigenvalue weighted by atomic mass is 32.2. The summed E-state index contributed by atoms with van der Waals surface area (Å²) in [4.78, 5) is 11.2. The molecule has 0 saturated carbocycles. The van der Waals surface area contributed by atoms with Gasteiger partial charge in [-0.05, 0) is 32.1 Å². The van der Waals surface area contributed by atoms with Gasteiger partial charge in [0.25, 0.3) is 10.2 Å². The van der Waals surface area contributed by atoms with Gasteiger partial charge < -0.3 is 5.11 Å². The van der Waals surface area contributed by atoms with Gasteiger partial charge in [0.05, 0.1) is 0 Å². The Labute approximate surface area is 115 Å². The van der Waals surface area contributed by atoms with Crippen LogP contribution in [0.2, 0.25) is 0 Å². The molecular weight excluding hydrogens is 268 g/mol. The van der Waals surface area contributed by atoms with Gasteiger partial charge in [0.1, 0.15) is 6.04 Å². The summed E-state index contributed by atoms with van der Waals surface area (Å²) in [7, 11) is -3.73. The third kappa shape index (κ3) is 4.15. The SMILES string of the molecule is CCC(C)C(C)NS(=O)(=O)N1CCCCC1C(=O)O. The van der Waals surface area contributed by atoms with Crippen molar-refractivity contribution in [2.75, 3.05) is 6.54 Å². The molecule has 0 aliphatic carbocycles. The van der Waals surface area contributed by atoms with Crippen LogP contribution in [0, 0.1) is 5.92 Å². The minimum absolute atomic E-state index is 0.202. The molecule has 1 heterocycles. The average molecular weight is 292 g/mol. The van der Waals surface area contributed by atoms with Crippen LogP contribution < -0.4 is 4.72 Å². The van der Waals surface area contributed by atoms with Crippen LogP contribution in [0.15, 0.2) is 0 Å². The molecule has 3 atom stereocenters. The van der Waals surface area contributed by atoms with E-state index in [1.54, 1.807) is 0 Å². The van der Waals surface area contributed by atoms with E-state index >= 15 is 0 Å². The minimum atomic E-state index is -3.73. The van der Waals surface area contributed by atoms with Crippen LogP contribution in [-0.2, 0) is 15.0 Å². The Morgan fingerprint density at radius 3 is 2.58 bits per heavy atom. The lowest BCUT2D eigenvalue weighted by Crippen LogP contribution is -2.54. The number of aliphatic carboxylic acids is 1. The number of carbonyl (C=O) groups is 1. The van der Waals surface area contributed by atoms with Gasteiger partial charge in [-0.25, -0.2) is 0 Å². The Morgan fingerprint density at radius 2 is 2.05 bits per heavy atom. The summed E-state index contributed by atoms with van der Waals surface area (Å²) in [6.45, 7) is 6.06. The van der Waals surface area contributed by atoms with Crippen LogP contribution in [0.25, 0.3) is 0 Å². The molecule has 1 aliphatic heterocycles. The molecular formula is C12H24N2O4S. The monoisotopic (exact) mass is 292 g/mol. The second-order valence-electron chi connectivity index (χ2n) is 5.26. The van der Waals surface area contributed by atoms with Crippen LogP contribution in [0.4, 0.5) is 0 Å². The highest BCUT2D eigenvalue weighted by Gasteiger charge is 2.37. The van der Waals surface area contributed by atoms with Crippen LogP contribution in [0.3, 0.4) is 0 Å². The maximum Gasteiger partial charge on any atom is 0.322 e. The third-order valence-corrected chi connectivity index (χ3v) is 5.60. The Hall–Kier alpha value is -0.660. The van der Waals surface area contributed by atoms with E-state index in [0.29, 0.717) is 12.8 Å². The van der Waals surface area contributed by atoms with Crippen LogP contribution in [0.5, 0.6) is 0 Å². The zero-order valence-electron chi connectivity index (χ0n) is 11.8. The summed E-state index contributed by atoms with van der Waals surface area (Å²) in [6, 6.07) is -1.14. The number of hydrogen-bond acceptors (Lipinski definition) is 3. The number of hydrogen-bond donors (Lipinski definition) is 2. The quantitative estimate of drug-likeness (QED) is 0.770. The number of carboxylic acid groups (broad SMARTS) is 1. The van der Waals surface area contributed by atoms with E-state index in [1.807, 2.05) is 20.8 Å². The van der Waals surface area contributed by atoms with Crippen LogP contribution >= 0.6 is 0 Å². The van der Waals surface area contributed by atoms with Crippen molar-refractivity contribution in [3.05, 3.63) is 0 Å². The largest absolute Gasteiger partial charge is 0.480 e. The Morgan fingerprint density at radius 1 is 1.42 bits per heavy atom. The number of piperidine rings is 1. The molecule has 3 unspecified atom stereocenters. The molecule has 0 bridgehead atoms. The summed E-state index contributed by atoms with van der Waals surface area (Å²) in [6.07, 6.45) is 2.71. The predicted molar refractivity (Wildman–Crippen MR) is 73.0 cm³/mol. The standard InChI is InChI=1S/C12H24N2O4S/c1-4-9(2)10(3)13-19(17,18)14-8-6-5-7-11(14)12(15)16/h9-11,13H,4-8H2,1-3H3,(H,15,16). The van der Waals surface area contributed by atoms with Gasteiger partial charge in [0.15, 0.2) is 0 Å². The van der Waals surface area contributed by atoms with Gasteiger partial charge in [-0.2, -0.15) is 17.4 Å². The molecule has 1 aliphatic rings. The molecule has 1 fully saturated rings. The topological polar surface area (TPSA) is 86.7 Å². The Balaban J connectivity index is 2.82. The van der Waals surface area contributed by atoms with Gasteiger partial charge in [0, 0.05) is 12.6 Å². The highest BCUT2D eigenvalue weighted by Crippen LogP contribution is 2.21. The van der Waals surface area contributed by atoms with E-state index in [9.17, 15) is 13.2 Å². The van der Waals surface area contributed by atoms with E-state index in [0.717, 1.165) is 17.1 Å². The van der Waals surface area contributed by atoms with Crippen molar-refractivity contribution in [1.29, 1.82) is 0 Å². The fraction of sp³-hybridized carbons (Fsp3) is 0.917. The highest BCUT2D eigenvalue weighted by molar-refractivity contribution is 7.87. The van der Waals surface area contributed by atoms with E-state index in [2.05, 4.69) is 4.72 Å². The Bertz CT molecular complexity index is 410. The van der Waals surface area contributed by atoms with Gasteiger partial charge in [-0.3, -0.25) is 4.79 Å². The maximum atomic E-state index is 12.3. The molecule has 2 N–H and O–H groups in total.